The highest BCUT2D eigenvalue weighted by Gasteiger charge is 2.28. The van der Waals surface area contributed by atoms with Crippen molar-refractivity contribution in [2.24, 2.45) is 0 Å². The molecule has 14 heavy (non-hydrogen) atoms. The number of urea groups is 1. The normalized spacial score (nSPS) is 32.2. The van der Waals surface area contributed by atoms with Crippen molar-refractivity contribution >= 4 is 6.03 Å². The topological polar surface area (TPSA) is 71.0 Å². The van der Waals surface area contributed by atoms with Gasteiger partial charge in [-0.1, -0.05) is 0 Å². The summed E-state index contributed by atoms with van der Waals surface area (Å²) in [7, 11) is 0. The first-order chi connectivity index (χ1) is 6.75. The fraction of sp³-hybridized carbons (Fsp3) is 0.875. The highest BCUT2D eigenvalue weighted by atomic mass is 16.7. The van der Waals surface area contributed by atoms with Gasteiger partial charge in [0, 0.05) is 6.61 Å². The van der Waals surface area contributed by atoms with E-state index in [0.29, 0.717) is 13.2 Å². The highest BCUT2D eigenvalue weighted by molar-refractivity contribution is 5.73. The van der Waals surface area contributed by atoms with Crippen molar-refractivity contribution < 1.29 is 19.5 Å². The highest BCUT2D eigenvalue weighted by Crippen LogP contribution is 2.08. The summed E-state index contributed by atoms with van der Waals surface area (Å²) in [6.07, 6.45) is 0.267. The minimum Gasteiger partial charge on any atom is -0.389 e. The summed E-state index contributed by atoms with van der Waals surface area (Å²) < 4.78 is 5.12. The van der Waals surface area contributed by atoms with E-state index < -0.39 is 6.10 Å². The second kappa shape index (κ2) is 4.12. The maximum absolute atomic E-state index is 11.5. The Hall–Kier alpha value is -0.850. The lowest BCUT2D eigenvalue weighted by atomic mass is 10.3. The van der Waals surface area contributed by atoms with Gasteiger partial charge in [-0.15, -0.1) is 0 Å². The fourth-order valence-electron chi connectivity index (χ4n) is 1.51. The van der Waals surface area contributed by atoms with Crippen LogP contribution in [0, 0.1) is 0 Å². The molecule has 2 atom stereocenters. The zero-order chi connectivity index (χ0) is 9.97. The van der Waals surface area contributed by atoms with Crippen LogP contribution < -0.4 is 5.32 Å². The lowest BCUT2D eigenvalue weighted by Gasteiger charge is -2.17. The van der Waals surface area contributed by atoms with Crippen molar-refractivity contribution in [2.75, 3.05) is 26.4 Å². The number of rotatable bonds is 1. The first-order valence-electron chi connectivity index (χ1n) is 4.72. The van der Waals surface area contributed by atoms with Gasteiger partial charge in [0.25, 0.3) is 0 Å². The molecule has 80 valence electrons. The van der Waals surface area contributed by atoms with E-state index in [0.717, 1.165) is 11.5 Å². The molecule has 2 aliphatic rings. The van der Waals surface area contributed by atoms with Gasteiger partial charge in [-0.2, -0.15) is 0 Å². The molecule has 2 heterocycles. The summed E-state index contributed by atoms with van der Waals surface area (Å²) in [4.78, 5) is 16.4. The Labute approximate surface area is 81.7 Å². The maximum Gasteiger partial charge on any atom is 0.341 e. The molecule has 6 nitrogen and oxygen atoms in total. The van der Waals surface area contributed by atoms with E-state index in [1.807, 2.05) is 0 Å². The number of amides is 2. The summed E-state index contributed by atoms with van der Waals surface area (Å²) in [6.45, 7) is 1.67. The first kappa shape index (κ1) is 9.70. The number of hydroxylamine groups is 2. The van der Waals surface area contributed by atoms with E-state index in [2.05, 4.69) is 5.32 Å². The molecule has 2 amide bonds. The second-order valence-corrected chi connectivity index (χ2v) is 3.52. The summed E-state index contributed by atoms with van der Waals surface area (Å²) >= 11 is 0. The van der Waals surface area contributed by atoms with Crippen molar-refractivity contribution in [1.29, 1.82) is 0 Å². The van der Waals surface area contributed by atoms with E-state index in [1.165, 1.54) is 0 Å². The van der Waals surface area contributed by atoms with E-state index in [-0.39, 0.29) is 25.2 Å². The minimum atomic E-state index is -0.569. The quantitative estimate of drug-likeness (QED) is 0.577. The number of aliphatic hydroxyl groups is 1. The van der Waals surface area contributed by atoms with Gasteiger partial charge in [0.05, 0.1) is 19.2 Å². The molecular formula is C8H14N2O4. The van der Waals surface area contributed by atoms with Crippen molar-refractivity contribution in [2.45, 2.75) is 18.6 Å². The summed E-state index contributed by atoms with van der Waals surface area (Å²) in [6, 6.07) is -0.221. The summed E-state index contributed by atoms with van der Waals surface area (Å²) in [5.74, 6) is 0. The average Bonchev–Trinajstić information content (AvgIpc) is 2.75. The van der Waals surface area contributed by atoms with E-state index in [4.69, 9.17) is 14.7 Å². The predicted molar refractivity (Wildman–Crippen MR) is 46.4 cm³/mol. The molecule has 0 aromatic rings. The van der Waals surface area contributed by atoms with E-state index in [1.54, 1.807) is 0 Å². The van der Waals surface area contributed by atoms with Gasteiger partial charge in [-0.05, 0) is 6.42 Å². The standard InChI is InChI=1S/C8H14N2O4/c11-7-3-10(14-5-7)8(12)9-6-1-2-13-4-6/h6-7,11H,1-5H2,(H,9,12)/t6?,7-/m1/s1. The largest absolute Gasteiger partial charge is 0.389 e. The molecule has 2 fully saturated rings. The van der Waals surface area contributed by atoms with Gasteiger partial charge in [-0.3, -0.25) is 4.84 Å². The van der Waals surface area contributed by atoms with Crippen LogP contribution in [0.2, 0.25) is 0 Å². The second-order valence-electron chi connectivity index (χ2n) is 3.52. The van der Waals surface area contributed by atoms with Gasteiger partial charge in [0.15, 0.2) is 0 Å². The molecule has 0 saturated carbocycles. The monoisotopic (exact) mass is 202 g/mol. The van der Waals surface area contributed by atoms with Crippen molar-refractivity contribution in [3.63, 3.8) is 0 Å². The maximum atomic E-state index is 11.5. The Morgan fingerprint density at radius 3 is 2.93 bits per heavy atom. The molecule has 0 aromatic heterocycles. The van der Waals surface area contributed by atoms with Gasteiger partial charge in [0.2, 0.25) is 0 Å². The van der Waals surface area contributed by atoms with Crippen LogP contribution in [-0.2, 0) is 9.57 Å². The molecule has 2 aliphatic heterocycles. The van der Waals surface area contributed by atoms with E-state index in [9.17, 15) is 4.79 Å². The van der Waals surface area contributed by atoms with Crippen molar-refractivity contribution in [1.82, 2.24) is 10.4 Å². The van der Waals surface area contributed by atoms with Gasteiger partial charge < -0.3 is 15.2 Å². The Balaban J connectivity index is 1.77. The third-order valence-electron chi connectivity index (χ3n) is 2.28. The molecule has 0 spiro atoms. The molecule has 0 aromatic carbocycles. The number of carbonyl (C=O) groups excluding carboxylic acids is 1. The average molecular weight is 202 g/mol. The number of nitrogens with zero attached hydrogens (tertiary/aromatic N) is 1. The van der Waals surface area contributed by atoms with Crippen LogP contribution in [0.5, 0.6) is 0 Å². The molecule has 1 unspecified atom stereocenters. The number of β-amino-alcohol motifs (C(OH)–C–C–N with tert-alkyl or cyclic N) is 1. The third-order valence-corrected chi connectivity index (χ3v) is 2.28. The third kappa shape index (κ3) is 2.14. The number of nitrogens with one attached hydrogen (secondary N) is 1. The SMILES string of the molecule is O=C(NC1CCOC1)N1C[C@@H](O)CO1. The number of carbonyl (C=O) groups is 1. The van der Waals surface area contributed by atoms with Gasteiger partial charge in [0.1, 0.15) is 12.7 Å². The van der Waals surface area contributed by atoms with Crippen LogP contribution in [-0.4, -0.2) is 54.7 Å². The molecule has 2 rings (SSSR count). The summed E-state index contributed by atoms with van der Waals surface area (Å²) in [5.41, 5.74) is 0. The zero-order valence-corrected chi connectivity index (χ0v) is 7.81. The predicted octanol–water partition coefficient (Wildman–Crippen LogP) is -0.907. The molecular weight excluding hydrogens is 188 g/mol. The van der Waals surface area contributed by atoms with Crippen molar-refractivity contribution in [3.05, 3.63) is 0 Å². The van der Waals surface area contributed by atoms with E-state index >= 15 is 0 Å². The Kier molecular flexibility index (Phi) is 2.85. The Morgan fingerprint density at radius 1 is 1.50 bits per heavy atom. The van der Waals surface area contributed by atoms with Crippen LogP contribution in [0.1, 0.15) is 6.42 Å². The van der Waals surface area contributed by atoms with Gasteiger partial charge >= 0.3 is 6.03 Å². The van der Waals surface area contributed by atoms with Crippen LogP contribution >= 0.6 is 0 Å². The molecule has 0 bridgehead atoms. The molecule has 2 N–H and O–H groups in total. The van der Waals surface area contributed by atoms with Crippen LogP contribution in [0.25, 0.3) is 0 Å². The van der Waals surface area contributed by atoms with Crippen LogP contribution in [0.15, 0.2) is 0 Å². The number of hydrogen-bond donors (Lipinski definition) is 2. The summed E-state index contributed by atoms with van der Waals surface area (Å²) in [5, 5.41) is 13.1. The van der Waals surface area contributed by atoms with Crippen molar-refractivity contribution in [3.8, 4) is 0 Å². The molecule has 6 heteroatoms. The smallest absolute Gasteiger partial charge is 0.341 e. The lowest BCUT2D eigenvalue weighted by Crippen LogP contribution is -2.43. The number of aliphatic hydroxyl groups excluding tert-OH is 1. The minimum absolute atomic E-state index is 0.0730. The Bertz CT molecular complexity index is 217. The molecule has 0 aliphatic carbocycles. The van der Waals surface area contributed by atoms with Crippen LogP contribution in [0.4, 0.5) is 4.79 Å². The van der Waals surface area contributed by atoms with Crippen LogP contribution in [0.3, 0.4) is 0 Å². The number of ether oxygens (including phenoxy) is 1. The first-order valence-corrected chi connectivity index (χ1v) is 4.72. The lowest BCUT2D eigenvalue weighted by molar-refractivity contribution is -0.0685. The zero-order valence-electron chi connectivity index (χ0n) is 7.81. The molecule has 0 radical (unpaired) electrons. The molecule has 2 saturated heterocycles. The number of hydrogen-bond acceptors (Lipinski definition) is 4. The Morgan fingerprint density at radius 2 is 2.36 bits per heavy atom. The van der Waals surface area contributed by atoms with Gasteiger partial charge in [-0.25, -0.2) is 9.86 Å². The fourth-order valence-corrected chi connectivity index (χ4v) is 1.51.